The molecule has 4 aromatic rings. The summed E-state index contributed by atoms with van der Waals surface area (Å²) in [7, 11) is 0. The number of hydrogen-bond acceptors (Lipinski definition) is 5. The molecule has 0 aliphatic carbocycles. The molecule has 3 aromatic heterocycles. The molecule has 4 heterocycles. The molecule has 0 amide bonds. The van der Waals surface area contributed by atoms with Crippen molar-refractivity contribution < 1.29 is 4.74 Å². The molecule has 25 heavy (non-hydrogen) atoms. The largest absolute Gasteiger partial charge is 0.381 e. The zero-order valence-corrected chi connectivity index (χ0v) is 13.7. The van der Waals surface area contributed by atoms with Gasteiger partial charge in [0, 0.05) is 25.3 Å². The molecule has 0 bridgehead atoms. The average molecular weight is 334 g/mol. The molecule has 0 saturated carbocycles. The van der Waals surface area contributed by atoms with E-state index >= 15 is 0 Å². The van der Waals surface area contributed by atoms with Crippen LogP contribution in [0.25, 0.3) is 33.6 Å². The number of hydrogen-bond donors (Lipinski definition) is 1. The Hall–Kier alpha value is -2.80. The number of ether oxygens (including phenoxy) is 1. The zero-order valence-electron chi connectivity index (χ0n) is 13.7. The number of H-pyrrole nitrogens is 1. The van der Waals surface area contributed by atoms with Crippen molar-refractivity contribution in [1.29, 1.82) is 0 Å². The fourth-order valence-corrected chi connectivity index (χ4v) is 3.41. The molecule has 1 aliphatic heterocycles. The second kappa shape index (κ2) is 5.93. The quantitative estimate of drug-likeness (QED) is 0.623. The van der Waals surface area contributed by atoms with Crippen LogP contribution in [-0.2, 0) is 11.3 Å². The Morgan fingerprint density at radius 1 is 1.16 bits per heavy atom. The minimum Gasteiger partial charge on any atom is -0.381 e. The third kappa shape index (κ3) is 2.66. The molecular weight excluding hydrogens is 316 g/mol. The molecule has 126 valence electrons. The first-order valence-electron chi connectivity index (χ1n) is 8.56. The van der Waals surface area contributed by atoms with Gasteiger partial charge in [-0.1, -0.05) is 6.07 Å². The molecule has 0 atom stereocenters. The molecule has 7 nitrogen and oxygen atoms in total. The maximum Gasteiger partial charge on any atom is 0.197 e. The SMILES string of the molecule is c1nc2ccc(-c3cnc4ncn(CC5CCOCC5)c4n3)cc2[nH]1. The first-order valence-corrected chi connectivity index (χ1v) is 8.56. The minimum atomic E-state index is 0.609. The van der Waals surface area contributed by atoms with Gasteiger partial charge >= 0.3 is 0 Å². The number of nitrogens with one attached hydrogen (secondary N) is 1. The van der Waals surface area contributed by atoms with Crippen molar-refractivity contribution in [2.75, 3.05) is 13.2 Å². The van der Waals surface area contributed by atoms with E-state index in [1.54, 1.807) is 12.5 Å². The highest BCUT2D eigenvalue weighted by Gasteiger charge is 2.17. The average Bonchev–Trinajstić information content (AvgIpc) is 3.28. The van der Waals surface area contributed by atoms with E-state index in [0.29, 0.717) is 11.6 Å². The van der Waals surface area contributed by atoms with Gasteiger partial charge < -0.3 is 14.3 Å². The summed E-state index contributed by atoms with van der Waals surface area (Å²) in [5.74, 6) is 0.609. The van der Waals surface area contributed by atoms with E-state index in [0.717, 1.165) is 60.5 Å². The Balaban J connectivity index is 1.52. The lowest BCUT2D eigenvalue weighted by atomic mass is 10.0. The summed E-state index contributed by atoms with van der Waals surface area (Å²) in [6.45, 7) is 2.61. The van der Waals surface area contributed by atoms with Crippen LogP contribution in [0.1, 0.15) is 12.8 Å². The summed E-state index contributed by atoms with van der Waals surface area (Å²) in [4.78, 5) is 21.1. The molecule has 1 N–H and O–H groups in total. The fraction of sp³-hybridized carbons (Fsp3) is 0.333. The molecule has 0 unspecified atom stereocenters. The molecule has 0 spiro atoms. The number of nitrogens with zero attached hydrogens (tertiary/aromatic N) is 5. The van der Waals surface area contributed by atoms with Crippen LogP contribution in [-0.4, -0.2) is 42.7 Å². The second-order valence-electron chi connectivity index (χ2n) is 6.49. The summed E-state index contributed by atoms with van der Waals surface area (Å²) in [5, 5.41) is 0. The van der Waals surface area contributed by atoms with Crippen LogP contribution in [0.5, 0.6) is 0 Å². The number of imidazole rings is 2. The Morgan fingerprint density at radius 2 is 2.08 bits per heavy atom. The van der Waals surface area contributed by atoms with Crippen molar-refractivity contribution in [3.8, 4) is 11.3 Å². The maximum absolute atomic E-state index is 5.45. The van der Waals surface area contributed by atoms with Crippen molar-refractivity contribution in [3.05, 3.63) is 37.1 Å². The Kier molecular flexibility index (Phi) is 3.45. The van der Waals surface area contributed by atoms with Crippen molar-refractivity contribution >= 4 is 22.3 Å². The Morgan fingerprint density at radius 3 is 3.00 bits per heavy atom. The van der Waals surface area contributed by atoms with E-state index in [1.165, 1.54) is 0 Å². The van der Waals surface area contributed by atoms with Gasteiger partial charge in [-0.05, 0) is 30.9 Å². The number of aromatic nitrogens is 6. The van der Waals surface area contributed by atoms with Gasteiger partial charge in [0.2, 0.25) is 0 Å². The predicted molar refractivity (Wildman–Crippen MR) is 94.0 cm³/mol. The lowest BCUT2D eigenvalue weighted by Gasteiger charge is -2.22. The molecule has 1 aliphatic rings. The van der Waals surface area contributed by atoms with E-state index in [4.69, 9.17) is 9.72 Å². The van der Waals surface area contributed by atoms with E-state index in [2.05, 4.69) is 30.6 Å². The molecule has 1 fully saturated rings. The normalized spacial score (nSPS) is 16.0. The Bertz CT molecular complexity index is 1030. The lowest BCUT2D eigenvalue weighted by molar-refractivity contribution is 0.0615. The van der Waals surface area contributed by atoms with Crippen LogP contribution >= 0.6 is 0 Å². The molecule has 0 radical (unpaired) electrons. The topological polar surface area (TPSA) is 81.5 Å². The number of aromatic amines is 1. The van der Waals surface area contributed by atoms with E-state index in [-0.39, 0.29) is 0 Å². The van der Waals surface area contributed by atoms with Gasteiger partial charge in [-0.3, -0.25) is 0 Å². The number of benzene rings is 1. The fourth-order valence-electron chi connectivity index (χ4n) is 3.41. The van der Waals surface area contributed by atoms with Crippen LogP contribution in [0.3, 0.4) is 0 Å². The maximum atomic E-state index is 5.45. The van der Waals surface area contributed by atoms with Crippen LogP contribution < -0.4 is 0 Å². The van der Waals surface area contributed by atoms with Crippen molar-refractivity contribution in [3.63, 3.8) is 0 Å². The molecule has 1 aromatic carbocycles. The number of fused-ring (bicyclic) bond motifs is 2. The summed E-state index contributed by atoms with van der Waals surface area (Å²) < 4.78 is 7.57. The van der Waals surface area contributed by atoms with Crippen LogP contribution in [0, 0.1) is 5.92 Å². The van der Waals surface area contributed by atoms with Gasteiger partial charge in [0.1, 0.15) is 0 Å². The van der Waals surface area contributed by atoms with Crippen molar-refractivity contribution in [1.82, 2.24) is 29.5 Å². The first-order chi connectivity index (χ1) is 12.4. The van der Waals surface area contributed by atoms with E-state index in [1.807, 2.05) is 18.5 Å². The van der Waals surface area contributed by atoms with Gasteiger partial charge in [-0.15, -0.1) is 0 Å². The number of rotatable bonds is 3. The standard InChI is InChI=1S/C18H18N6O/c1-2-14-15(21-10-20-14)7-13(1)16-8-19-17-18(23-16)24(11-22-17)9-12-3-5-25-6-4-12/h1-2,7-8,10-12H,3-6,9H2,(H,20,21). The van der Waals surface area contributed by atoms with Gasteiger partial charge in [-0.2, -0.15) is 0 Å². The summed E-state index contributed by atoms with van der Waals surface area (Å²) in [6, 6.07) is 6.07. The van der Waals surface area contributed by atoms with Crippen LogP contribution in [0.15, 0.2) is 37.1 Å². The van der Waals surface area contributed by atoms with E-state index in [9.17, 15) is 0 Å². The minimum absolute atomic E-state index is 0.609. The molecular formula is C18H18N6O. The highest BCUT2D eigenvalue weighted by molar-refractivity contribution is 5.81. The van der Waals surface area contributed by atoms with Gasteiger partial charge in [0.25, 0.3) is 0 Å². The highest BCUT2D eigenvalue weighted by atomic mass is 16.5. The van der Waals surface area contributed by atoms with Gasteiger partial charge in [-0.25, -0.2) is 19.9 Å². The van der Waals surface area contributed by atoms with Gasteiger partial charge in [0.15, 0.2) is 11.3 Å². The van der Waals surface area contributed by atoms with Crippen LogP contribution in [0.2, 0.25) is 0 Å². The zero-order chi connectivity index (χ0) is 16.6. The second-order valence-corrected chi connectivity index (χ2v) is 6.49. The van der Waals surface area contributed by atoms with E-state index < -0.39 is 0 Å². The summed E-state index contributed by atoms with van der Waals surface area (Å²) >= 11 is 0. The predicted octanol–water partition coefficient (Wildman–Crippen LogP) is 2.80. The first kappa shape index (κ1) is 14.5. The third-order valence-electron chi connectivity index (χ3n) is 4.84. The highest BCUT2D eigenvalue weighted by Crippen LogP contribution is 2.23. The smallest absolute Gasteiger partial charge is 0.197 e. The monoisotopic (exact) mass is 334 g/mol. The van der Waals surface area contributed by atoms with Crippen molar-refractivity contribution in [2.24, 2.45) is 5.92 Å². The third-order valence-corrected chi connectivity index (χ3v) is 4.84. The summed E-state index contributed by atoms with van der Waals surface area (Å²) in [6.07, 6.45) is 7.51. The molecule has 7 heteroatoms. The lowest BCUT2D eigenvalue weighted by Crippen LogP contribution is -2.20. The summed E-state index contributed by atoms with van der Waals surface area (Å²) in [5.41, 5.74) is 5.34. The molecule has 5 rings (SSSR count). The van der Waals surface area contributed by atoms with Crippen molar-refractivity contribution in [2.45, 2.75) is 19.4 Å². The Labute approximate surface area is 144 Å². The van der Waals surface area contributed by atoms with Crippen LogP contribution in [0.4, 0.5) is 0 Å². The van der Waals surface area contributed by atoms with Gasteiger partial charge in [0.05, 0.1) is 35.6 Å². The molecule has 1 saturated heterocycles.